The van der Waals surface area contributed by atoms with Crippen molar-refractivity contribution in [1.29, 1.82) is 0 Å². The van der Waals surface area contributed by atoms with Gasteiger partial charge in [-0.1, -0.05) is 31.0 Å². The van der Waals surface area contributed by atoms with Crippen LogP contribution in [0.25, 0.3) is 0 Å². The maximum atomic E-state index is 11.6. The summed E-state index contributed by atoms with van der Waals surface area (Å²) < 4.78 is 4.53. The quantitative estimate of drug-likeness (QED) is 0.600. The number of rotatable bonds is 6. The van der Waals surface area contributed by atoms with E-state index in [0.717, 1.165) is 17.9 Å². The molecular formula is C22H27N5OS. The molecule has 0 aliphatic heterocycles. The van der Waals surface area contributed by atoms with E-state index in [4.69, 9.17) is 0 Å². The van der Waals surface area contributed by atoms with Gasteiger partial charge < -0.3 is 14.5 Å². The summed E-state index contributed by atoms with van der Waals surface area (Å²) in [6.45, 7) is 1.56. The molecule has 4 rings (SSSR count). The van der Waals surface area contributed by atoms with Crippen LogP contribution in [-0.2, 0) is 10.5 Å². The fourth-order valence-corrected chi connectivity index (χ4v) is 5.75. The number of anilines is 1. The molecule has 2 aromatic heterocycles. The molecule has 0 radical (unpaired) electrons. The number of thioether (sulfide) groups is 1. The third kappa shape index (κ3) is 4.72. The molecule has 3 aromatic rings. The van der Waals surface area contributed by atoms with E-state index in [9.17, 15) is 4.79 Å². The highest BCUT2D eigenvalue weighted by Crippen LogP contribution is 2.43. The molecule has 29 heavy (non-hydrogen) atoms. The summed E-state index contributed by atoms with van der Waals surface area (Å²) in [7, 11) is 0. The van der Waals surface area contributed by atoms with Gasteiger partial charge in [0.25, 0.3) is 0 Å². The number of hydrogen-bond acceptors (Lipinski definition) is 4. The van der Waals surface area contributed by atoms with E-state index in [2.05, 4.69) is 42.9 Å². The Labute approximate surface area is 175 Å². The monoisotopic (exact) mass is 409 g/mol. The van der Waals surface area contributed by atoms with Gasteiger partial charge in [0.05, 0.1) is 24.7 Å². The first-order valence-electron chi connectivity index (χ1n) is 10.1. The lowest BCUT2D eigenvalue weighted by Crippen LogP contribution is -2.29. The van der Waals surface area contributed by atoms with Crippen LogP contribution < -0.4 is 5.32 Å². The highest BCUT2D eigenvalue weighted by atomic mass is 32.2. The average molecular weight is 410 g/mol. The first-order valence-corrected chi connectivity index (χ1v) is 11.2. The van der Waals surface area contributed by atoms with Crippen molar-refractivity contribution in [2.45, 2.75) is 55.7 Å². The van der Waals surface area contributed by atoms with E-state index in [1.54, 1.807) is 6.92 Å². The van der Waals surface area contributed by atoms with E-state index < -0.39 is 0 Å². The molecule has 1 saturated carbocycles. The van der Waals surface area contributed by atoms with Gasteiger partial charge in [-0.05, 0) is 24.5 Å². The smallest absolute Gasteiger partial charge is 0.221 e. The van der Waals surface area contributed by atoms with E-state index >= 15 is 0 Å². The van der Waals surface area contributed by atoms with E-state index in [1.807, 2.05) is 55.0 Å². The second-order valence-electron chi connectivity index (χ2n) is 7.55. The van der Waals surface area contributed by atoms with Crippen molar-refractivity contribution in [1.82, 2.24) is 19.1 Å². The van der Waals surface area contributed by atoms with Crippen LogP contribution in [0.1, 0.15) is 50.3 Å². The Hall–Kier alpha value is -2.54. The standard InChI is InChI=1S/C22H27N5OS/c1-17(28)25-19-7-3-2-6-18(19)14-29-21-9-5-4-8-20(26-12-10-23-15-26)22(21)27-13-11-24-16-27/h2-3,6-7,10-13,15-16,20-22H,4-5,8-9,14H2,1H3,(H,25,28). The molecule has 2 heterocycles. The molecule has 1 aromatic carbocycles. The SMILES string of the molecule is CC(=O)Nc1ccccc1CSC1CCCCC(n2ccnc2)C1n1ccnc1. The molecule has 1 fully saturated rings. The van der Waals surface area contributed by atoms with Gasteiger partial charge >= 0.3 is 0 Å². The molecule has 1 amide bonds. The van der Waals surface area contributed by atoms with Gasteiger partial charge in [0, 0.05) is 48.4 Å². The number of para-hydroxylation sites is 1. The lowest BCUT2D eigenvalue weighted by Gasteiger charge is -2.33. The first kappa shape index (κ1) is 19.8. The van der Waals surface area contributed by atoms with Crippen molar-refractivity contribution in [3.63, 3.8) is 0 Å². The van der Waals surface area contributed by atoms with Crippen molar-refractivity contribution >= 4 is 23.4 Å². The Morgan fingerprint density at radius 2 is 1.83 bits per heavy atom. The van der Waals surface area contributed by atoms with Crippen molar-refractivity contribution < 1.29 is 4.79 Å². The molecule has 152 valence electrons. The van der Waals surface area contributed by atoms with E-state index in [-0.39, 0.29) is 5.91 Å². The number of aromatic nitrogens is 4. The summed E-state index contributed by atoms with van der Waals surface area (Å²) in [6.07, 6.45) is 16.5. The highest BCUT2D eigenvalue weighted by molar-refractivity contribution is 7.99. The Morgan fingerprint density at radius 3 is 2.55 bits per heavy atom. The molecular weight excluding hydrogens is 382 g/mol. The van der Waals surface area contributed by atoms with Crippen LogP contribution in [0.3, 0.4) is 0 Å². The zero-order valence-corrected chi connectivity index (χ0v) is 17.5. The molecule has 3 atom stereocenters. The molecule has 3 unspecified atom stereocenters. The number of nitrogens with zero attached hydrogens (tertiary/aromatic N) is 4. The minimum atomic E-state index is -0.0339. The highest BCUT2D eigenvalue weighted by Gasteiger charge is 2.34. The van der Waals surface area contributed by atoms with Crippen LogP contribution in [0.4, 0.5) is 5.69 Å². The topological polar surface area (TPSA) is 64.7 Å². The third-order valence-corrected chi connectivity index (χ3v) is 6.99. The maximum absolute atomic E-state index is 11.6. The third-order valence-electron chi connectivity index (χ3n) is 5.57. The van der Waals surface area contributed by atoms with Gasteiger partial charge in [-0.2, -0.15) is 11.8 Å². The zero-order chi connectivity index (χ0) is 20.1. The van der Waals surface area contributed by atoms with Crippen molar-refractivity contribution in [2.24, 2.45) is 0 Å². The number of nitrogens with one attached hydrogen (secondary N) is 1. The van der Waals surface area contributed by atoms with Crippen LogP contribution >= 0.6 is 11.8 Å². The summed E-state index contributed by atoms with van der Waals surface area (Å²) in [6, 6.07) is 8.76. The van der Waals surface area contributed by atoms with Gasteiger partial charge in [0.1, 0.15) is 0 Å². The number of carbonyl (C=O) groups excluding carboxylic acids is 1. The molecule has 0 saturated heterocycles. The van der Waals surface area contributed by atoms with Crippen molar-refractivity contribution in [2.75, 3.05) is 5.32 Å². The predicted molar refractivity (Wildman–Crippen MR) is 117 cm³/mol. The number of imidazole rings is 2. The molecule has 0 bridgehead atoms. The summed E-state index contributed by atoms with van der Waals surface area (Å²) in [5.41, 5.74) is 2.08. The van der Waals surface area contributed by atoms with Gasteiger partial charge in [0.2, 0.25) is 5.91 Å². The predicted octanol–water partition coefficient (Wildman–Crippen LogP) is 4.70. The minimum Gasteiger partial charge on any atom is -0.332 e. The lowest BCUT2D eigenvalue weighted by atomic mass is 10.0. The molecule has 0 spiro atoms. The fraction of sp³-hybridized carbons (Fsp3) is 0.409. The average Bonchev–Trinajstić information content (AvgIpc) is 3.39. The number of hydrogen-bond donors (Lipinski definition) is 1. The van der Waals surface area contributed by atoms with Gasteiger partial charge in [0.15, 0.2) is 0 Å². The second-order valence-corrected chi connectivity index (χ2v) is 8.78. The van der Waals surface area contributed by atoms with Crippen LogP contribution in [-0.4, -0.2) is 30.3 Å². The summed E-state index contributed by atoms with van der Waals surface area (Å²) in [5, 5.41) is 3.41. The zero-order valence-electron chi connectivity index (χ0n) is 16.6. The Morgan fingerprint density at radius 1 is 1.10 bits per heavy atom. The van der Waals surface area contributed by atoms with Crippen LogP contribution in [0, 0.1) is 0 Å². The summed E-state index contributed by atoms with van der Waals surface area (Å²) in [4.78, 5) is 20.2. The van der Waals surface area contributed by atoms with E-state index in [1.165, 1.54) is 24.8 Å². The van der Waals surface area contributed by atoms with Gasteiger partial charge in [-0.3, -0.25) is 4.79 Å². The van der Waals surface area contributed by atoms with Gasteiger partial charge in [-0.15, -0.1) is 0 Å². The molecule has 1 aliphatic carbocycles. The Bertz CT molecular complexity index is 909. The first-order chi connectivity index (χ1) is 14.2. The number of carbonyl (C=O) groups is 1. The molecule has 1 N–H and O–H groups in total. The van der Waals surface area contributed by atoms with Gasteiger partial charge in [-0.25, -0.2) is 9.97 Å². The van der Waals surface area contributed by atoms with Crippen LogP contribution in [0.2, 0.25) is 0 Å². The Balaban J connectivity index is 1.59. The summed E-state index contributed by atoms with van der Waals surface area (Å²) >= 11 is 1.98. The molecule has 7 heteroatoms. The molecule has 6 nitrogen and oxygen atoms in total. The maximum Gasteiger partial charge on any atom is 0.221 e. The second kappa shape index (κ2) is 9.31. The lowest BCUT2D eigenvalue weighted by molar-refractivity contribution is -0.114. The Kier molecular flexibility index (Phi) is 6.34. The van der Waals surface area contributed by atoms with Crippen molar-refractivity contribution in [3.8, 4) is 0 Å². The van der Waals surface area contributed by atoms with E-state index in [0.29, 0.717) is 17.3 Å². The molecule has 1 aliphatic rings. The van der Waals surface area contributed by atoms with Crippen molar-refractivity contribution in [3.05, 3.63) is 67.3 Å². The number of benzene rings is 1. The minimum absolute atomic E-state index is 0.0339. The largest absolute Gasteiger partial charge is 0.332 e. The number of amides is 1. The normalized spacial score (nSPS) is 22.2. The fourth-order valence-electron chi connectivity index (χ4n) is 4.25. The van der Waals surface area contributed by atoms with Crippen LogP contribution in [0.15, 0.2) is 61.7 Å². The van der Waals surface area contributed by atoms with Crippen LogP contribution in [0.5, 0.6) is 0 Å². The summed E-state index contributed by atoms with van der Waals surface area (Å²) in [5.74, 6) is 0.830.